The standard InChI is InChI=1S/C19H24N2O3S2/c22-19(20-11-10-16-8-4-3-5-9-16)18-14-17(15-25-18)26(23,24)21-12-6-1-2-7-13-21/h3-5,8-9,14-15H,1-2,6-7,10-13H2,(H,20,22). The molecule has 0 saturated carbocycles. The summed E-state index contributed by atoms with van der Waals surface area (Å²) < 4.78 is 27.1. The minimum Gasteiger partial charge on any atom is -0.351 e. The molecular weight excluding hydrogens is 368 g/mol. The van der Waals surface area contributed by atoms with Crippen LogP contribution in [0.3, 0.4) is 0 Å². The van der Waals surface area contributed by atoms with Crippen LogP contribution < -0.4 is 5.32 Å². The highest BCUT2D eigenvalue weighted by Crippen LogP contribution is 2.25. The molecule has 1 aromatic carbocycles. The van der Waals surface area contributed by atoms with Crippen LogP contribution in [-0.4, -0.2) is 38.3 Å². The van der Waals surface area contributed by atoms with Gasteiger partial charge in [-0.2, -0.15) is 4.31 Å². The van der Waals surface area contributed by atoms with Crippen molar-refractivity contribution in [1.82, 2.24) is 9.62 Å². The highest BCUT2D eigenvalue weighted by molar-refractivity contribution is 7.89. The molecule has 0 bridgehead atoms. The monoisotopic (exact) mass is 392 g/mol. The Bertz CT molecular complexity index is 823. The van der Waals surface area contributed by atoms with E-state index in [9.17, 15) is 13.2 Å². The van der Waals surface area contributed by atoms with Crippen LogP contribution in [0.4, 0.5) is 0 Å². The number of sulfonamides is 1. The molecule has 1 fully saturated rings. The molecule has 5 nitrogen and oxygen atoms in total. The number of carbonyl (C=O) groups is 1. The fraction of sp³-hybridized carbons (Fsp3) is 0.421. The average Bonchev–Trinajstić information content (AvgIpc) is 2.99. The SMILES string of the molecule is O=C(NCCc1ccccc1)c1cc(S(=O)(=O)N2CCCCCC2)cs1. The fourth-order valence-corrected chi connectivity index (χ4v) is 5.75. The Morgan fingerprint density at radius 2 is 1.77 bits per heavy atom. The molecule has 0 radical (unpaired) electrons. The first-order valence-electron chi connectivity index (χ1n) is 8.98. The van der Waals surface area contributed by atoms with E-state index in [-0.39, 0.29) is 10.8 Å². The average molecular weight is 393 g/mol. The van der Waals surface area contributed by atoms with Gasteiger partial charge < -0.3 is 5.32 Å². The Labute approximate surface area is 159 Å². The van der Waals surface area contributed by atoms with Gasteiger partial charge >= 0.3 is 0 Å². The first kappa shape index (κ1) is 19.1. The van der Waals surface area contributed by atoms with Crippen LogP contribution in [0.15, 0.2) is 46.7 Å². The third kappa shape index (κ3) is 4.72. The van der Waals surface area contributed by atoms with Crippen LogP contribution in [-0.2, 0) is 16.4 Å². The van der Waals surface area contributed by atoms with Crippen LogP contribution in [0.5, 0.6) is 0 Å². The van der Waals surface area contributed by atoms with Crippen LogP contribution in [0.1, 0.15) is 40.9 Å². The van der Waals surface area contributed by atoms with Crippen molar-refractivity contribution >= 4 is 27.3 Å². The number of benzene rings is 1. The van der Waals surface area contributed by atoms with Gasteiger partial charge in [-0.05, 0) is 30.9 Å². The number of hydrogen-bond acceptors (Lipinski definition) is 4. The lowest BCUT2D eigenvalue weighted by molar-refractivity contribution is 0.0958. The summed E-state index contributed by atoms with van der Waals surface area (Å²) in [4.78, 5) is 13.0. The number of nitrogens with one attached hydrogen (secondary N) is 1. The molecule has 7 heteroatoms. The molecule has 3 rings (SSSR count). The van der Waals surface area contributed by atoms with Gasteiger partial charge in [0.15, 0.2) is 0 Å². The molecule has 1 aliphatic heterocycles. The van der Waals surface area contributed by atoms with E-state index in [1.807, 2.05) is 30.3 Å². The fourth-order valence-electron chi connectivity index (χ4n) is 3.06. The molecule has 1 N–H and O–H groups in total. The molecule has 0 aliphatic carbocycles. The smallest absolute Gasteiger partial charge is 0.261 e. The summed E-state index contributed by atoms with van der Waals surface area (Å²) in [5.41, 5.74) is 1.16. The quantitative estimate of drug-likeness (QED) is 0.820. The van der Waals surface area contributed by atoms with Gasteiger partial charge in [0.1, 0.15) is 0 Å². The molecule has 2 heterocycles. The number of carbonyl (C=O) groups excluding carboxylic acids is 1. The van der Waals surface area contributed by atoms with Gasteiger partial charge in [0.25, 0.3) is 5.91 Å². The van der Waals surface area contributed by atoms with E-state index < -0.39 is 10.0 Å². The summed E-state index contributed by atoms with van der Waals surface area (Å²) in [7, 11) is -3.50. The minimum atomic E-state index is -3.50. The Kier molecular flexibility index (Phi) is 6.45. The zero-order valence-corrected chi connectivity index (χ0v) is 16.3. The van der Waals surface area contributed by atoms with E-state index in [2.05, 4.69) is 5.32 Å². The zero-order chi connectivity index (χ0) is 18.4. The Balaban J connectivity index is 1.60. The van der Waals surface area contributed by atoms with Crippen molar-refractivity contribution in [2.75, 3.05) is 19.6 Å². The summed E-state index contributed by atoms with van der Waals surface area (Å²) in [6, 6.07) is 11.4. The molecule has 1 aromatic heterocycles. The molecule has 0 spiro atoms. The molecular formula is C19H24N2O3S2. The lowest BCUT2D eigenvalue weighted by Crippen LogP contribution is -2.31. The Morgan fingerprint density at radius 1 is 1.08 bits per heavy atom. The maximum Gasteiger partial charge on any atom is 0.261 e. The van der Waals surface area contributed by atoms with Gasteiger partial charge in [-0.1, -0.05) is 43.2 Å². The first-order valence-corrected chi connectivity index (χ1v) is 11.3. The van der Waals surface area contributed by atoms with Crippen molar-refractivity contribution in [3.05, 3.63) is 52.2 Å². The molecule has 0 atom stereocenters. The van der Waals surface area contributed by atoms with Gasteiger partial charge in [-0.3, -0.25) is 4.79 Å². The molecule has 140 valence electrons. The maximum absolute atomic E-state index is 12.8. The number of hydrogen-bond donors (Lipinski definition) is 1. The van der Waals surface area contributed by atoms with Crippen molar-refractivity contribution in [3.63, 3.8) is 0 Å². The number of nitrogens with zero attached hydrogens (tertiary/aromatic N) is 1. The van der Waals surface area contributed by atoms with Gasteiger partial charge in [0.05, 0.1) is 9.77 Å². The van der Waals surface area contributed by atoms with E-state index in [1.165, 1.54) is 17.4 Å². The van der Waals surface area contributed by atoms with Crippen molar-refractivity contribution in [2.24, 2.45) is 0 Å². The Morgan fingerprint density at radius 3 is 2.46 bits per heavy atom. The van der Waals surface area contributed by atoms with E-state index in [0.29, 0.717) is 24.5 Å². The lowest BCUT2D eigenvalue weighted by atomic mass is 10.1. The summed E-state index contributed by atoms with van der Waals surface area (Å²) in [5.74, 6) is -0.219. The van der Waals surface area contributed by atoms with Crippen LogP contribution in [0, 0.1) is 0 Å². The third-order valence-corrected chi connectivity index (χ3v) is 7.50. The van der Waals surface area contributed by atoms with Crippen LogP contribution in [0.25, 0.3) is 0 Å². The van der Waals surface area contributed by atoms with Gasteiger partial charge in [0.2, 0.25) is 10.0 Å². The Hall–Kier alpha value is -1.70. The van der Waals surface area contributed by atoms with Crippen molar-refractivity contribution in [2.45, 2.75) is 37.0 Å². The molecule has 1 saturated heterocycles. The van der Waals surface area contributed by atoms with E-state index in [0.717, 1.165) is 37.7 Å². The number of amides is 1. The highest BCUT2D eigenvalue weighted by Gasteiger charge is 2.27. The summed E-state index contributed by atoms with van der Waals surface area (Å²) in [6.45, 7) is 1.66. The predicted molar refractivity (Wildman–Crippen MR) is 104 cm³/mol. The second-order valence-corrected chi connectivity index (χ2v) is 9.31. The van der Waals surface area contributed by atoms with Crippen molar-refractivity contribution < 1.29 is 13.2 Å². The molecule has 26 heavy (non-hydrogen) atoms. The van der Waals surface area contributed by atoms with E-state index in [1.54, 1.807) is 9.69 Å². The second-order valence-electron chi connectivity index (χ2n) is 6.46. The first-order chi connectivity index (χ1) is 12.6. The van der Waals surface area contributed by atoms with Gasteiger partial charge in [0, 0.05) is 25.0 Å². The molecule has 1 aliphatic rings. The zero-order valence-electron chi connectivity index (χ0n) is 14.7. The highest BCUT2D eigenvalue weighted by atomic mass is 32.2. The number of rotatable bonds is 6. The normalized spacial score (nSPS) is 16.2. The van der Waals surface area contributed by atoms with E-state index >= 15 is 0 Å². The molecule has 0 unspecified atom stereocenters. The molecule has 2 aromatic rings. The van der Waals surface area contributed by atoms with E-state index in [4.69, 9.17) is 0 Å². The predicted octanol–water partition coefficient (Wildman–Crippen LogP) is 3.29. The summed E-state index contributed by atoms with van der Waals surface area (Å²) in [6.07, 6.45) is 4.69. The molecule has 1 amide bonds. The van der Waals surface area contributed by atoms with Crippen molar-refractivity contribution in [1.29, 1.82) is 0 Å². The second kappa shape index (κ2) is 8.79. The largest absolute Gasteiger partial charge is 0.351 e. The van der Waals surface area contributed by atoms with Crippen LogP contribution >= 0.6 is 11.3 Å². The summed E-state index contributed by atoms with van der Waals surface area (Å²) >= 11 is 1.18. The summed E-state index contributed by atoms with van der Waals surface area (Å²) in [5, 5.41) is 4.44. The van der Waals surface area contributed by atoms with Crippen molar-refractivity contribution in [3.8, 4) is 0 Å². The topological polar surface area (TPSA) is 66.5 Å². The van der Waals surface area contributed by atoms with Gasteiger partial charge in [-0.25, -0.2) is 8.42 Å². The maximum atomic E-state index is 12.8. The third-order valence-electron chi connectivity index (χ3n) is 4.54. The minimum absolute atomic E-state index is 0.219. The number of thiophene rings is 1. The van der Waals surface area contributed by atoms with Gasteiger partial charge in [-0.15, -0.1) is 11.3 Å². The van der Waals surface area contributed by atoms with Crippen LogP contribution in [0.2, 0.25) is 0 Å². The lowest BCUT2D eigenvalue weighted by Gasteiger charge is -2.18.